The Morgan fingerprint density at radius 1 is 0.985 bits per heavy atom. The van der Waals surface area contributed by atoms with E-state index in [2.05, 4.69) is 36.5 Å². The van der Waals surface area contributed by atoms with E-state index >= 15 is 8.78 Å². The number of aromatic nitrogens is 8. The topological polar surface area (TPSA) is 188 Å². The Balaban J connectivity index is 1.17. The monoisotopic (exact) mass is 908 g/mol. The van der Waals surface area contributed by atoms with Crippen LogP contribution in [0.3, 0.4) is 0 Å². The highest BCUT2D eigenvalue weighted by atomic mass is 19.1. The predicted octanol–water partition coefficient (Wildman–Crippen LogP) is 5.08. The first-order chi connectivity index (χ1) is 31.8. The van der Waals surface area contributed by atoms with Crippen molar-refractivity contribution in [3.8, 4) is 22.7 Å². The number of carbonyl (C=O) groups is 1. The first-order valence-electron chi connectivity index (χ1n) is 21.8. The summed E-state index contributed by atoms with van der Waals surface area (Å²) in [5.74, 6) is -2.97. The largest absolute Gasteiger partial charge is 0.507 e. The van der Waals surface area contributed by atoms with E-state index in [1.165, 1.54) is 33.7 Å². The molecule has 0 radical (unpaired) electrons. The van der Waals surface area contributed by atoms with Gasteiger partial charge >= 0.3 is 5.69 Å². The van der Waals surface area contributed by atoms with Gasteiger partial charge in [-0.15, -0.1) is 0 Å². The third-order valence-electron chi connectivity index (χ3n) is 11.8. The van der Waals surface area contributed by atoms with Crippen molar-refractivity contribution in [2.24, 2.45) is 0 Å². The van der Waals surface area contributed by atoms with Gasteiger partial charge in [-0.2, -0.15) is 4.98 Å². The minimum atomic E-state index is -0.969. The molecule has 1 atom stereocenters. The molecule has 1 aliphatic rings. The van der Waals surface area contributed by atoms with Crippen molar-refractivity contribution in [1.82, 2.24) is 43.9 Å². The van der Waals surface area contributed by atoms with Gasteiger partial charge in [-0.3, -0.25) is 23.9 Å². The maximum Gasteiger partial charge on any atom is 0.355 e. The number of aryl methyl sites for hydroxylation is 1. The lowest BCUT2D eigenvalue weighted by molar-refractivity contribution is -0.128. The van der Waals surface area contributed by atoms with Crippen LogP contribution in [0, 0.1) is 18.6 Å². The molecule has 6 heterocycles. The Bertz CT molecular complexity index is 3400. The molecule has 0 bridgehead atoms. The molecule has 2 aromatic carbocycles. The number of anilines is 1. The molecule has 0 spiro atoms. The number of fused-ring (bicyclic) bond motifs is 1. The van der Waals surface area contributed by atoms with Gasteiger partial charge in [0.1, 0.15) is 33.8 Å². The highest BCUT2D eigenvalue weighted by Gasteiger charge is 2.33. The number of benzene rings is 2. The number of pyridine rings is 2. The van der Waals surface area contributed by atoms with Gasteiger partial charge < -0.3 is 24.9 Å². The fourth-order valence-electron chi connectivity index (χ4n) is 8.55. The molecular formula is C50H50F2N10O5. The maximum absolute atomic E-state index is 16.4. The van der Waals surface area contributed by atoms with E-state index < -0.39 is 57.4 Å². The van der Waals surface area contributed by atoms with Crippen LogP contribution in [0.5, 0.6) is 5.75 Å². The number of H-pyrrole nitrogens is 2. The van der Waals surface area contributed by atoms with Crippen molar-refractivity contribution in [2.45, 2.75) is 72.4 Å². The third-order valence-corrected chi connectivity index (χ3v) is 11.8. The van der Waals surface area contributed by atoms with Crippen LogP contribution in [-0.2, 0) is 16.8 Å². The third kappa shape index (κ3) is 8.71. The Kier molecular flexibility index (Phi) is 12.2. The second-order valence-corrected chi connectivity index (χ2v) is 18.0. The lowest BCUT2D eigenvalue weighted by Crippen LogP contribution is -2.56. The number of hydrogen-bond acceptors (Lipinski definition) is 10. The van der Waals surface area contributed by atoms with Crippen LogP contribution in [0.1, 0.15) is 75.7 Å². The van der Waals surface area contributed by atoms with Gasteiger partial charge in [-0.25, -0.2) is 28.1 Å². The molecule has 0 saturated carbocycles. The predicted molar refractivity (Wildman–Crippen MR) is 253 cm³/mol. The summed E-state index contributed by atoms with van der Waals surface area (Å²) in [6.07, 6.45) is 6.22. The minimum Gasteiger partial charge on any atom is -0.507 e. The number of phenols is 1. The molecule has 0 unspecified atom stereocenters. The van der Waals surface area contributed by atoms with E-state index in [1.807, 2.05) is 47.6 Å². The Morgan fingerprint density at radius 3 is 2.42 bits per heavy atom. The number of aromatic amines is 2. The van der Waals surface area contributed by atoms with Crippen LogP contribution in [-0.4, -0.2) is 80.6 Å². The van der Waals surface area contributed by atoms with Crippen molar-refractivity contribution in [3.63, 3.8) is 0 Å². The van der Waals surface area contributed by atoms with E-state index in [9.17, 15) is 24.3 Å². The zero-order valence-corrected chi connectivity index (χ0v) is 38.2. The SMILES string of the molecule is C=C(Cn1c(=O)/c(=C/c2ccccc2)[nH]c(=O)/c1=C/c1nc[nH]c1C(C)(C)C)C(=O)N1CCN(c2nc(=O)n(-c3c(C)ccnc3C(C)C)c3nc(-c4c(O)cccc4F)c(F)cc23)[C@@H](C)C1. The average molecular weight is 909 g/mol. The second-order valence-electron chi connectivity index (χ2n) is 18.0. The number of rotatable bonds is 9. The number of hydrogen-bond donors (Lipinski definition) is 3. The van der Waals surface area contributed by atoms with Gasteiger partial charge in [-0.05, 0) is 67.3 Å². The molecule has 8 rings (SSSR count). The number of nitrogens with zero attached hydrogens (tertiary/aromatic N) is 8. The molecule has 7 aromatic rings. The summed E-state index contributed by atoms with van der Waals surface area (Å²) in [7, 11) is 0. The van der Waals surface area contributed by atoms with Gasteiger partial charge in [0.05, 0.1) is 40.9 Å². The lowest BCUT2D eigenvalue weighted by atomic mass is 9.90. The smallest absolute Gasteiger partial charge is 0.355 e. The number of nitrogens with one attached hydrogen (secondary N) is 2. The van der Waals surface area contributed by atoms with Gasteiger partial charge in [0.25, 0.3) is 17.0 Å². The summed E-state index contributed by atoms with van der Waals surface area (Å²) in [6.45, 7) is 17.5. The average Bonchev–Trinajstić information content (AvgIpc) is 3.76. The number of carbonyl (C=O) groups excluding carboxylic acids is 1. The van der Waals surface area contributed by atoms with Crippen molar-refractivity contribution >= 4 is 34.9 Å². The Hall–Kier alpha value is -7.82. The van der Waals surface area contributed by atoms with Crippen molar-refractivity contribution in [2.75, 3.05) is 24.5 Å². The lowest BCUT2D eigenvalue weighted by Gasteiger charge is -2.41. The number of piperazine rings is 1. The van der Waals surface area contributed by atoms with Crippen LogP contribution in [0.25, 0.3) is 40.1 Å². The van der Waals surface area contributed by atoms with E-state index in [1.54, 1.807) is 59.3 Å². The highest BCUT2D eigenvalue weighted by molar-refractivity contribution is 5.94. The molecule has 344 valence electrons. The second kappa shape index (κ2) is 17.9. The first kappa shape index (κ1) is 45.7. The molecule has 15 nitrogen and oxygen atoms in total. The molecule has 5 aromatic heterocycles. The summed E-state index contributed by atoms with van der Waals surface area (Å²) in [4.78, 5) is 84.1. The van der Waals surface area contributed by atoms with Crippen LogP contribution in [0.4, 0.5) is 14.6 Å². The van der Waals surface area contributed by atoms with Gasteiger partial charge in [0.15, 0.2) is 11.5 Å². The molecule has 3 N–H and O–H groups in total. The summed E-state index contributed by atoms with van der Waals surface area (Å²) < 4.78 is 34.1. The summed E-state index contributed by atoms with van der Waals surface area (Å²) >= 11 is 0. The molecule has 1 aliphatic heterocycles. The van der Waals surface area contributed by atoms with Gasteiger partial charge in [-0.1, -0.05) is 77.6 Å². The van der Waals surface area contributed by atoms with Crippen LogP contribution in [0.15, 0.2) is 99.7 Å². The quantitative estimate of drug-likeness (QED) is 0.165. The van der Waals surface area contributed by atoms with E-state index in [4.69, 9.17) is 0 Å². The number of phenolic OH excluding ortho intramolecular Hbond substituents is 1. The number of amides is 1. The van der Waals surface area contributed by atoms with Gasteiger partial charge in [0.2, 0.25) is 0 Å². The van der Waals surface area contributed by atoms with Crippen molar-refractivity contribution < 1.29 is 18.7 Å². The normalized spacial score (nSPS) is 15.0. The van der Waals surface area contributed by atoms with E-state index in [0.29, 0.717) is 28.2 Å². The standard InChI is InChI=1S/C50H50F2N10O5/c1-27(2)40-42(28(3)17-18-53-40)62-45-32(22-34(52)41(57-45)39-33(51)15-12-16-38(39)63)44(58-49(62)67)60-20-19-59(25-30(60)5)47(65)29(4)24-61-37(23-35-43(50(6,7)8)55-26-54-35)46(64)56-36(48(61)66)21-31-13-10-9-11-14-31/h9-18,21-23,26-27,30,63H,4,19-20,24-25H2,1-3,5-8H3,(H,54,55)(H,56,64)/b36-21-,37-23-/t30-/m0/s1. The van der Waals surface area contributed by atoms with Crippen molar-refractivity contribution in [3.05, 3.63) is 167 Å². The number of imidazole rings is 1. The number of aromatic hydroxyl groups is 1. The van der Waals surface area contributed by atoms with Crippen LogP contribution in [0.2, 0.25) is 0 Å². The Morgan fingerprint density at radius 2 is 1.73 bits per heavy atom. The van der Waals surface area contributed by atoms with E-state index in [-0.39, 0.29) is 70.6 Å². The van der Waals surface area contributed by atoms with Crippen LogP contribution < -0.4 is 32.4 Å². The molecule has 1 fully saturated rings. The zero-order valence-electron chi connectivity index (χ0n) is 38.2. The molecule has 17 heteroatoms. The van der Waals surface area contributed by atoms with Crippen molar-refractivity contribution in [1.29, 1.82) is 0 Å². The fourth-order valence-corrected chi connectivity index (χ4v) is 8.55. The molecule has 0 aliphatic carbocycles. The highest BCUT2D eigenvalue weighted by Crippen LogP contribution is 2.37. The minimum absolute atomic E-state index is 0.0124. The molecule has 1 saturated heterocycles. The fraction of sp³-hybridized carbons (Fsp3) is 0.280. The van der Waals surface area contributed by atoms with E-state index in [0.717, 1.165) is 17.8 Å². The molecule has 67 heavy (non-hydrogen) atoms. The van der Waals surface area contributed by atoms with Gasteiger partial charge in [0, 0.05) is 48.6 Å². The molecule has 1 amide bonds. The summed E-state index contributed by atoms with van der Waals surface area (Å²) in [6, 6.07) is 14.9. The first-order valence-corrected chi connectivity index (χ1v) is 21.8. The summed E-state index contributed by atoms with van der Waals surface area (Å²) in [5.41, 5.74) is 0.204. The summed E-state index contributed by atoms with van der Waals surface area (Å²) in [5, 5.41) is 10.8. The Labute approximate surface area is 383 Å². The molecular weight excluding hydrogens is 859 g/mol. The number of halogens is 2. The maximum atomic E-state index is 16.4. The van der Waals surface area contributed by atoms with Crippen LogP contribution >= 0.6 is 0 Å². The zero-order chi connectivity index (χ0) is 48.1.